The Labute approximate surface area is 154 Å². The smallest absolute Gasteiger partial charge is 0.253 e. The highest BCUT2D eigenvalue weighted by Crippen LogP contribution is 2.18. The van der Waals surface area contributed by atoms with Gasteiger partial charge in [-0.3, -0.25) is 4.98 Å². The Hall–Kier alpha value is -2.81. The summed E-state index contributed by atoms with van der Waals surface area (Å²) < 4.78 is 7.08. The molecule has 0 aromatic carbocycles. The van der Waals surface area contributed by atoms with E-state index in [-0.39, 0.29) is 0 Å². The lowest BCUT2D eigenvalue weighted by Gasteiger charge is -1.97. The molecule has 0 unspecified atom stereocenters. The number of fused-ring (bicyclic) bond motifs is 1. The van der Waals surface area contributed by atoms with Gasteiger partial charge in [-0.05, 0) is 38.5 Å². The molecular formula is C17H17N7OS. The molecular weight excluding hydrogens is 350 g/mol. The maximum absolute atomic E-state index is 5.31. The molecule has 8 nitrogen and oxygen atoms in total. The van der Waals surface area contributed by atoms with Gasteiger partial charge >= 0.3 is 0 Å². The monoisotopic (exact) mass is 367 g/mol. The molecule has 0 saturated heterocycles. The van der Waals surface area contributed by atoms with Crippen LogP contribution >= 0.6 is 11.8 Å². The number of thioether (sulfide) groups is 1. The van der Waals surface area contributed by atoms with E-state index in [1.54, 1.807) is 28.7 Å². The zero-order valence-electron chi connectivity index (χ0n) is 14.5. The lowest BCUT2D eigenvalue weighted by atomic mass is 10.2. The zero-order valence-corrected chi connectivity index (χ0v) is 15.3. The van der Waals surface area contributed by atoms with Crippen molar-refractivity contribution in [2.45, 2.75) is 31.8 Å². The van der Waals surface area contributed by atoms with Crippen molar-refractivity contribution < 1.29 is 4.52 Å². The van der Waals surface area contributed by atoms with Crippen molar-refractivity contribution in [2.24, 2.45) is 0 Å². The normalized spacial score (nSPS) is 11.3. The molecule has 0 aliphatic carbocycles. The summed E-state index contributed by atoms with van der Waals surface area (Å²) in [5.74, 6) is 2.73. The second-order valence-corrected chi connectivity index (χ2v) is 6.91. The summed E-state index contributed by atoms with van der Waals surface area (Å²) in [6, 6.07) is 5.71. The molecule has 0 fully saturated rings. The highest BCUT2D eigenvalue weighted by molar-refractivity contribution is 7.99. The number of aryl methyl sites for hydroxylation is 3. The van der Waals surface area contributed by atoms with E-state index in [0.29, 0.717) is 17.5 Å². The predicted octanol–water partition coefficient (Wildman–Crippen LogP) is 2.91. The molecule has 4 aromatic heterocycles. The number of rotatable bonds is 6. The number of hydrogen-bond acceptors (Lipinski definition) is 8. The molecule has 4 heterocycles. The maximum Gasteiger partial charge on any atom is 0.253 e. The van der Waals surface area contributed by atoms with Gasteiger partial charge in [0.1, 0.15) is 0 Å². The number of pyridine rings is 1. The van der Waals surface area contributed by atoms with Crippen molar-refractivity contribution in [1.29, 1.82) is 0 Å². The third kappa shape index (κ3) is 3.57. The summed E-state index contributed by atoms with van der Waals surface area (Å²) in [5.41, 5.74) is 2.87. The fraction of sp³-hybridized carbons (Fsp3) is 0.294. The van der Waals surface area contributed by atoms with Crippen LogP contribution in [0.15, 0.2) is 40.3 Å². The Balaban J connectivity index is 1.33. The largest absolute Gasteiger partial charge is 0.339 e. The zero-order chi connectivity index (χ0) is 17.9. The Kier molecular flexibility index (Phi) is 4.61. The van der Waals surface area contributed by atoms with Crippen molar-refractivity contribution in [3.63, 3.8) is 0 Å². The predicted molar refractivity (Wildman–Crippen MR) is 96.8 cm³/mol. The first kappa shape index (κ1) is 16.6. The molecule has 0 aliphatic rings. The lowest BCUT2D eigenvalue weighted by molar-refractivity contribution is 0.378. The summed E-state index contributed by atoms with van der Waals surface area (Å²) in [6.07, 6.45) is 5.03. The van der Waals surface area contributed by atoms with Crippen molar-refractivity contribution in [3.05, 3.63) is 47.9 Å². The Morgan fingerprint density at radius 3 is 2.81 bits per heavy atom. The van der Waals surface area contributed by atoms with Crippen LogP contribution < -0.4 is 0 Å². The number of nitrogens with zero attached hydrogens (tertiary/aromatic N) is 7. The fourth-order valence-electron chi connectivity index (χ4n) is 2.57. The molecule has 0 radical (unpaired) electrons. The molecule has 4 rings (SSSR count). The third-order valence-electron chi connectivity index (χ3n) is 3.77. The van der Waals surface area contributed by atoms with Crippen LogP contribution in [-0.4, -0.2) is 40.5 Å². The van der Waals surface area contributed by atoms with Crippen LogP contribution in [0.5, 0.6) is 0 Å². The fourth-order valence-corrected chi connectivity index (χ4v) is 3.33. The van der Waals surface area contributed by atoms with Gasteiger partial charge in [0, 0.05) is 41.5 Å². The molecule has 4 aromatic rings. The summed E-state index contributed by atoms with van der Waals surface area (Å²) in [7, 11) is 0. The average molecular weight is 367 g/mol. The molecule has 0 aliphatic heterocycles. The van der Waals surface area contributed by atoms with Crippen LogP contribution in [-0.2, 0) is 6.42 Å². The topological polar surface area (TPSA) is 94.9 Å². The second-order valence-electron chi connectivity index (χ2n) is 5.84. The van der Waals surface area contributed by atoms with Crippen molar-refractivity contribution in [2.75, 3.05) is 5.75 Å². The average Bonchev–Trinajstić information content (AvgIpc) is 3.26. The SMILES string of the molecule is Cc1cc(C)n2nc(SCCCc3nc(-c4ccncc4)no3)nc2n1. The summed E-state index contributed by atoms with van der Waals surface area (Å²) in [4.78, 5) is 17.3. The first-order chi connectivity index (χ1) is 12.7. The molecule has 0 N–H and O–H groups in total. The second kappa shape index (κ2) is 7.20. The van der Waals surface area contributed by atoms with Gasteiger partial charge in [0.25, 0.3) is 5.78 Å². The highest BCUT2D eigenvalue weighted by Gasteiger charge is 2.10. The maximum atomic E-state index is 5.31. The molecule has 9 heteroatoms. The quantitative estimate of drug-likeness (QED) is 0.379. The molecule has 0 spiro atoms. The Morgan fingerprint density at radius 1 is 1.12 bits per heavy atom. The van der Waals surface area contributed by atoms with Crippen molar-refractivity contribution >= 4 is 17.5 Å². The van der Waals surface area contributed by atoms with Gasteiger partial charge in [-0.25, -0.2) is 9.50 Å². The number of hydrogen-bond donors (Lipinski definition) is 0. The first-order valence-corrected chi connectivity index (χ1v) is 9.24. The van der Waals surface area contributed by atoms with E-state index in [4.69, 9.17) is 4.52 Å². The van der Waals surface area contributed by atoms with Crippen molar-refractivity contribution in [3.8, 4) is 11.4 Å². The van der Waals surface area contributed by atoms with Gasteiger partial charge in [0.05, 0.1) is 0 Å². The minimum absolute atomic E-state index is 0.592. The minimum atomic E-state index is 0.592. The van der Waals surface area contributed by atoms with E-state index in [9.17, 15) is 0 Å². The van der Waals surface area contributed by atoms with E-state index in [2.05, 4.69) is 30.2 Å². The molecule has 0 bridgehead atoms. The van der Waals surface area contributed by atoms with Crippen LogP contribution in [0.4, 0.5) is 0 Å². The van der Waals surface area contributed by atoms with Crippen LogP contribution in [0.25, 0.3) is 17.2 Å². The van der Waals surface area contributed by atoms with Gasteiger partial charge in [0.2, 0.25) is 16.9 Å². The summed E-state index contributed by atoms with van der Waals surface area (Å²) >= 11 is 1.60. The standard InChI is InChI=1S/C17H17N7OS/c1-11-10-12(2)24-16(19-11)21-17(22-24)26-9-3-4-14-20-15(23-25-14)13-5-7-18-8-6-13/h5-8,10H,3-4,9H2,1-2H3. The summed E-state index contributed by atoms with van der Waals surface area (Å²) in [5, 5.41) is 9.23. The van der Waals surface area contributed by atoms with Crippen LogP contribution in [0.2, 0.25) is 0 Å². The van der Waals surface area contributed by atoms with Crippen LogP contribution in [0, 0.1) is 13.8 Å². The molecule has 0 atom stereocenters. The van der Waals surface area contributed by atoms with Gasteiger partial charge < -0.3 is 4.52 Å². The van der Waals surface area contributed by atoms with Crippen LogP contribution in [0.3, 0.4) is 0 Å². The number of aromatic nitrogens is 7. The van der Waals surface area contributed by atoms with Crippen molar-refractivity contribution in [1.82, 2.24) is 34.7 Å². The molecule has 132 valence electrons. The van der Waals surface area contributed by atoms with Crippen LogP contribution in [0.1, 0.15) is 23.7 Å². The third-order valence-corrected chi connectivity index (χ3v) is 4.70. The van der Waals surface area contributed by atoms with Gasteiger partial charge in [-0.15, -0.1) is 5.10 Å². The van der Waals surface area contributed by atoms with E-state index in [1.807, 2.05) is 32.0 Å². The van der Waals surface area contributed by atoms with E-state index in [0.717, 1.165) is 40.7 Å². The molecule has 26 heavy (non-hydrogen) atoms. The highest BCUT2D eigenvalue weighted by atomic mass is 32.2. The van der Waals surface area contributed by atoms with Gasteiger partial charge in [-0.2, -0.15) is 9.97 Å². The molecule has 0 saturated carbocycles. The molecule has 0 amide bonds. The van der Waals surface area contributed by atoms with E-state index in [1.165, 1.54) is 0 Å². The summed E-state index contributed by atoms with van der Waals surface area (Å²) in [6.45, 7) is 3.96. The lowest BCUT2D eigenvalue weighted by Crippen LogP contribution is -1.97. The van der Waals surface area contributed by atoms with Gasteiger partial charge in [-0.1, -0.05) is 16.9 Å². The van der Waals surface area contributed by atoms with E-state index >= 15 is 0 Å². The Bertz CT molecular complexity index is 1030. The van der Waals surface area contributed by atoms with E-state index < -0.39 is 0 Å². The first-order valence-electron chi connectivity index (χ1n) is 8.26. The van der Waals surface area contributed by atoms with Gasteiger partial charge in [0.15, 0.2) is 0 Å². The Morgan fingerprint density at radius 2 is 1.96 bits per heavy atom. The minimum Gasteiger partial charge on any atom is -0.339 e.